The van der Waals surface area contributed by atoms with Gasteiger partial charge in [-0.3, -0.25) is 4.79 Å². The van der Waals surface area contributed by atoms with Crippen LogP contribution in [-0.2, 0) is 6.54 Å². The Kier molecular flexibility index (Phi) is 5.11. The Bertz CT molecular complexity index is 1310. The van der Waals surface area contributed by atoms with Gasteiger partial charge in [-0.15, -0.1) is 0 Å². The number of aromatic amines is 1. The average Bonchev–Trinajstić information content (AvgIpc) is 3.25. The number of aromatic nitrogens is 4. The highest BCUT2D eigenvalue weighted by atomic mass is 16.1. The van der Waals surface area contributed by atoms with E-state index in [9.17, 15) is 4.79 Å². The fourth-order valence-electron chi connectivity index (χ4n) is 3.82. The van der Waals surface area contributed by atoms with Gasteiger partial charge in [-0.2, -0.15) is 0 Å². The zero-order chi connectivity index (χ0) is 22.1. The highest BCUT2D eigenvalue weighted by molar-refractivity contribution is 5.95. The van der Waals surface area contributed by atoms with E-state index >= 15 is 0 Å². The maximum atomic E-state index is 12.4. The lowest BCUT2D eigenvalue weighted by Gasteiger charge is -2.21. The van der Waals surface area contributed by atoms with Crippen LogP contribution in [0.25, 0.3) is 28.6 Å². The molecule has 32 heavy (non-hydrogen) atoms. The zero-order valence-corrected chi connectivity index (χ0v) is 18.0. The number of benzene rings is 2. The fraction of sp³-hybridized carbons (Fsp3) is 0.154. The summed E-state index contributed by atoms with van der Waals surface area (Å²) in [4.78, 5) is 30.5. The molecule has 0 fully saturated rings. The molecular weight excluding hydrogens is 398 g/mol. The number of carbonyl (C=O) groups is 1. The van der Waals surface area contributed by atoms with E-state index in [0.717, 1.165) is 22.8 Å². The summed E-state index contributed by atoms with van der Waals surface area (Å²) >= 11 is 0. The Hall–Kier alpha value is -4.06. The summed E-state index contributed by atoms with van der Waals surface area (Å²) in [6.45, 7) is 5.11. The number of hydrogen-bond donors (Lipinski definition) is 1. The van der Waals surface area contributed by atoms with Crippen LogP contribution < -0.4 is 0 Å². The molecule has 6 heteroatoms. The van der Waals surface area contributed by atoms with E-state index in [1.807, 2.05) is 17.2 Å². The number of imidazole rings is 1. The molecule has 1 N–H and O–H groups in total. The highest BCUT2D eigenvalue weighted by Crippen LogP contribution is 2.27. The number of hydrogen-bond acceptors (Lipinski definition) is 5. The van der Waals surface area contributed by atoms with Crippen molar-refractivity contribution in [2.45, 2.75) is 20.4 Å². The van der Waals surface area contributed by atoms with Gasteiger partial charge < -0.3 is 9.88 Å². The molecule has 1 aliphatic heterocycles. The van der Waals surface area contributed by atoms with E-state index in [0.29, 0.717) is 12.2 Å². The van der Waals surface area contributed by atoms with Crippen LogP contribution in [0.3, 0.4) is 0 Å². The first kappa shape index (κ1) is 19.9. The second-order valence-electron chi connectivity index (χ2n) is 8.06. The van der Waals surface area contributed by atoms with Gasteiger partial charge >= 0.3 is 0 Å². The minimum Gasteiger partial charge on any atom is -0.364 e. The monoisotopic (exact) mass is 421 g/mol. The van der Waals surface area contributed by atoms with Gasteiger partial charge in [-0.1, -0.05) is 42.5 Å². The third-order valence-electron chi connectivity index (χ3n) is 5.83. The van der Waals surface area contributed by atoms with Gasteiger partial charge in [0.25, 0.3) is 0 Å². The van der Waals surface area contributed by atoms with Crippen LogP contribution >= 0.6 is 0 Å². The smallest absolute Gasteiger partial charge is 0.200 e. The van der Waals surface area contributed by atoms with Crippen LogP contribution in [0.2, 0.25) is 0 Å². The van der Waals surface area contributed by atoms with Crippen LogP contribution in [0.15, 0.2) is 67.3 Å². The van der Waals surface area contributed by atoms with Crippen molar-refractivity contribution >= 4 is 11.9 Å². The third-order valence-corrected chi connectivity index (χ3v) is 5.83. The third kappa shape index (κ3) is 3.95. The van der Waals surface area contributed by atoms with E-state index < -0.39 is 0 Å². The molecule has 0 bridgehead atoms. The highest BCUT2D eigenvalue weighted by Gasteiger charge is 2.19. The van der Waals surface area contributed by atoms with Gasteiger partial charge in [0, 0.05) is 18.0 Å². The number of H-pyrrole nitrogens is 1. The van der Waals surface area contributed by atoms with E-state index in [1.165, 1.54) is 28.6 Å². The molecule has 0 unspecified atom stereocenters. The molecular formula is C26H23N5O. The normalized spacial score (nSPS) is 12.6. The van der Waals surface area contributed by atoms with Crippen LogP contribution in [0.4, 0.5) is 0 Å². The van der Waals surface area contributed by atoms with Crippen LogP contribution in [0, 0.1) is 13.8 Å². The number of carbonyl (C=O) groups excluding carboxylic acids is 1. The maximum Gasteiger partial charge on any atom is 0.200 e. The number of Topliss-reactive ketones (excluding diaryl/α,β-unsaturated/α-hetero) is 1. The van der Waals surface area contributed by atoms with E-state index in [1.54, 1.807) is 12.3 Å². The molecule has 0 amide bonds. The number of ketones is 1. The molecule has 5 rings (SSSR count). The minimum atomic E-state index is -0.0397. The Morgan fingerprint density at radius 2 is 1.78 bits per heavy atom. The SMILES string of the molecule is Cc1ccc(-c2ccc(-c3nc4c([nH]3)CN(CC(=O)c3ccncn3)C=C4)cc2)cc1C. The van der Waals surface area contributed by atoms with Crippen molar-refractivity contribution in [1.82, 2.24) is 24.8 Å². The van der Waals surface area contributed by atoms with Crippen molar-refractivity contribution < 1.29 is 4.79 Å². The van der Waals surface area contributed by atoms with Crippen molar-refractivity contribution in [2.75, 3.05) is 6.54 Å². The largest absolute Gasteiger partial charge is 0.364 e. The molecule has 2 aromatic carbocycles. The van der Waals surface area contributed by atoms with Gasteiger partial charge in [-0.05, 0) is 48.2 Å². The molecule has 0 saturated heterocycles. The molecule has 158 valence electrons. The molecule has 6 nitrogen and oxygen atoms in total. The molecule has 0 spiro atoms. The number of rotatable bonds is 5. The summed E-state index contributed by atoms with van der Waals surface area (Å²) < 4.78 is 0. The Labute approximate surface area is 186 Å². The number of aryl methyl sites for hydroxylation is 2. The quantitative estimate of drug-likeness (QED) is 0.468. The van der Waals surface area contributed by atoms with Crippen LogP contribution in [-0.4, -0.2) is 37.2 Å². The summed E-state index contributed by atoms with van der Waals surface area (Å²) in [7, 11) is 0. The summed E-state index contributed by atoms with van der Waals surface area (Å²) in [5.74, 6) is 0.789. The van der Waals surface area contributed by atoms with Gasteiger partial charge in [0.05, 0.1) is 24.5 Å². The standard InChI is InChI=1S/C26H23N5O/c1-17-3-4-21(13-18(17)2)19-5-7-20(8-6-19)26-29-22-10-12-31(14-24(22)30-26)15-25(32)23-9-11-27-16-28-23/h3-13,16H,14-15H2,1-2H3,(H,29,30). The van der Waals surface area contributed by atoms with Crippen molar-refractivity contribution in [1.29, 1.82) is 0 Å². The molecule has 0 aliphatic carbocycles. The molecule has 1 aliphatic rings. The molecule has 0 radical (unpaired) electrons. The molecule has 3 heterocycles. The van der Waals surface area contributed by atoms with E-state index in [2.05, 4.69) is 71.3 Å². The molecule has 2 aromatic heterocycles. The summed E-state index contributed by atoms with van der Waals surface area (Å²) in [5, 5.41) is 0. The van der Waals surface area contributed by atoms with Crippen molar-refractivity contribution in [3.63, 3.8) is 0 Å². The number of fused-ring (bicyclic) bond motifs is 1. The molecule has 4 aromatic rings. The molecule has 0 atom stereocenters. The lowest BCUT2D eigenvalue weighted by Crippen LogP contribution is -2.27. The average molecular weight is 422 g/mol. The van der Waals surface area contributed by atoms with Crippen molar-refractivity contribution in [3.05, 3.63) is 95.5 Å². The first-order chi connectivity index (χ1) is 15.6. The molecule has 0 saturated carbocycles. The summed E-state index contributed by atoms with van der Waals surface area (Å²) in [6, 6.07) is 16.6. The van der Waals surface area contributed by atoms with Gasteiger partial charge in [0.1, 0.15) is 17.8 Å². The van der Waals surface area contributed by atoms with Crippen molar-refractivity contribution in [2.24, 2.45) is 0 Å². The van der Waals surface area contributed by atoms with Gasteiger partial charge in [-0.25, -0.2) is 15.0 Å². The first-order valence-corrected chi connectivity index (χ1v) is 10.6. The predicted molar refractivity (Wildman–Crippen MR) is 125 cm³/mol. The summed E-state index contributed by atoms with van der Waals surface area (Å²) in [6.07, 6.45) is 6.82. The Balaban J connectivity index is 1.31. The fourth-order valence-corrected chi connectivity index (χ4v) is 3.82. The zero-order valence-electron chi connectivity index (χ0n) is 18.0. The second kappa shape index (κ2) is 8.23. The first-order valence-electron chi connectivity index (χ1n) is 10.6. The van der Waals surface area contributed by atoms with Crippen molar-refractivity contribution in [3.8, 4) is 22.5 Å². The van der Waals surface area contributed by atoms with Gasteiger partial charge in [0.15, 0.2) is 5.78 Å². The number of nitrogens with zero attached hydrogens (tertiary/aromatic N) is 4. The maximum absolute atomic E-state index is 12.4. The summed E-state index contributed by atoms with van der Waals surface area (Å²) in [5.41, 5.74) is 8.34. The lowest BCUT2D eigenvalue weighted by atomic mass is 9.99. The predicted octanol–water partition coefficient (Wildman–Crippen LogP) is 4.82. The second-order valence-corrected chi connectivity index (χ2v) is 8.06. The lowest BCUT2D eigenvalue weighted by molar-refractivity contribution is 0.0947. The minimum absolute atomic E-state index is 0.0397. The van der Waals surface area contributed by atoms with Gasteiger partial charge in [0.2, 0.25) is 0 Å². The number of nitrogens with one attached hydrogen (secondary N) is 1. The van der Waals surface area contributed by atoms with Crippen LogP contribution in [0.1, 0.15) is 33.0 Å². The van der Waals surface area contributed by atoms with E-state index in [-0.39, 0.29) is 12.3 Å². The Morgan fingerprint density at radius 3 is 2.53 bits per heavy atom. The Morgan fingerprint density at radius 1 is 1.00 bits per heavy atom. The topological polar surface area (TPSA) is 74.8 Å². The van der Waals surface area contributed by atoms with Crippen LogP contribution in [0.5, 0.6) is 0 Å². The van der Waals surface area contributed by atoms with E-state index in [4.69, 9.17) is 4.98 Å².